The van der Waals surface area contributed by atoms with Crippen molar-refractivity contribution in [2.24, 2.45) is 0 Å². The number of sulfone groups is 1. The lowest BCUT2D eigenvalue weighted by Crippen LogP contribution is -2.50. The van der Waals surface area contributed by atoms with Crippen molar-refractivity contribution in [2.45, 2.75) is 50.4 Å². The highest BCUT2D eigenvalue weighted by molar-refractivity contribution is 7.90. The van der Waals surface area contributed by atoms with E-state index in [0.717, 1.165) is 29.5 Å². The Labute approximate surface area is 175 Å². The molecule has 1 aromatic carbocycles. The number of piperidine rings is 1. The van der Waals surface area contributed by atoms with Crippen molar-refractivity contribution in [2.75, 3.05) is 18.6 Å². The highest BCUT2D eigenvalue weighted by atomic mass is 35.5. The van der Waals surface area contributed by atoms with Gasteiger partial charge >= 0.3 is 0 Å². The van der Waals surface area contributed by atoms with Gasteiger partial charge in [0.2, 0.25) is 0 Å². The van der Waals surface area contributed by atoms with E-state index < -0.39 is 15.4 Å². The van der Waals surface area contributed by atoms with Gasteiger partial charge in [0.25, 0.3) is 0 Å². The van der Waals surface area contributed by atoms with Crippen LogP contribution in [0.3, 0.4) is 0 Å². The molecule has 1 fully saturated rings. The first-order valence-electron chi connectivity index (χ1n) is 9.77. The van der Waals surface area contributed by atoms with Crippen molar-refractivity contribution >= 4 is 21.4 Å². The predicted octanol–water partition coefficient (Wildman–Crippen LogP) is 2.57. The summed E-state index contributed by atoms with van der Waals surface area (Å²) in [4.78, 5) is 0. The maximum atomic E-state index is 11.4. The van der Waals surface area contributed by atoms with Crippen LogP contribution in [0.4, 0.5) is 0 Å². The monoisotopic (exact) mass is 439 g/mol. The van der Waals surface area contributed by atoms with Crippen molar-refractivity contribution in [3.63, 3.8) is 0 Å². The number of hydrogen-bond donors (Lipinski definition) is 2. The normalized spacial score (nSPS) is 27.1. The average molecular weight is 440 g/mol. The van der Waals surface area contributed by atoms with E-state index >= 15 is 0 Å². The van der Waals surface area contributed by atoms with E-state index in [0.29, 0.717) is 24.6 Å². The number of nitrogens with one attached hydrogen (secondary N) is 1. The molecule has 158 valence electrons. The quantitative estimate of drug-likeness (QED) is 0.760. The highest BCUT2D eigenvalue weighted by Crippen LogP contribution is 2.48. The molecule has 1 aromatic heterocycles. The average Bonchev–Trinajstić information content (AvgIpc) is 3.10. The van der Waals surface area contributed by atoms with Gasteiger partial charge in [-0.25, -0.2) is 8.42 Å². The van der Waals surface area contributed by atoms with Crippen LogP contribution in [-0.4, -0.2) is 48.0 Å². The van der Waals surface area contributed by atoms with Gasteiger partial charge in [-0.05, 0) is 43.0 Å². The van der Waals surface area contributed by atoms with E-state index in [2.05, 4.69) is 17.3 Å². The van der Waals surface area contributed by atoms with Crippen molar-refractivity contribution < 1.29 is 18.3 Å². The minimum absolute atomic E-state index is 0.0178. The van der Waals surface area contributed by atoms with Crippen LogP contribution in [0.2, 0.25) is 5.02 Å². The number of rotatable bonds is 4. The minimum Gasteiger partial charge on any atom is -0.506 e. The second kappa shape index (κ2) is 7.58. The Hall–Kier alpha value is -1.61. The van der Waals surface area contributed by atoms with E-state index in [-0.39, 0.29) is 23.6 Å². The van der Waals surface area contributed by atoms with Crippen LogP contribution in [0, 0.1) is 0 Å². The molecule has 0 radical (unpaired) electrons. The molecule has 2 N–H and O–H groups in total. The lowest BCUT2D eigenvalue weighted by Gasteiger charge is -2.47. The fourth-order valence-corrected chi connectivity index (χ4v) is 5.21. The number of phenolic OH excluding ortho intramolecular Hbond substituents is 1. The summed E-state index contributed by atoms with van der Waals surface area (Å²) < 4.78 is 30.9. The van der Waals surface area contributed by atoms with Gasteiger partial charge in [0, 0.05) is 36.5 Å². The van der Waals surface area contributed by atoms with Gasteiger partial charge in [-0.1, -0.05) is 11.6 Å². The van der Waals surface area contributed by atoms with E-state index in [1.807, 2.05) is 12.3 Å². The number of aromatic nitrogens is 2. The van der Waals surface area contributed by atoms with Crippen molar-refractivity contribution in [1.82, 2.24) is 15.1 Å². The molecule has 0 amide bonds. The Morgan fingerprint density at radius 1 is 1.41 bits per heavy atom. The number of nitrogens with zero attached hydrogens (tertiary/aromatic N) is 2. The molecule has 1 saturated heterocycles. The fraction of sp³-hybridized carbons (Fsp3) is 0.550. The molecule has 0 unspecified atom stereocenters. The second-order valence-electron chi connectivity index (χ2n) is 8.25. The molecule has 2 aliphatic rings. The molecule has 3 heterocycles. The van der Waals surface area contributed by atoms with Crippen LogP contribution in [0.25, 0.3) is 0 Å². The smallest absolute Gasteiger partial charge is 0.149 e. The van der Waals surface area contributed by atoms with Gasteiger partial charge in [0.1, 0.15) is 15.6 Å². The summed E-state index contributed by atoms with van der Waals surface area (Å²) in [5.74, 6) is 0.165. The molecule has 3 atom stereocenters. The first kappa shape index (κ1) is 20.7. The summed E-state index contributed by atoms with van der Waals surface area (Å²) in [5, 5.41) is 18.3. The molecule has 0 aliphatic carbocycles. The zero-order valence-corrected chi connectivity index (χ0v) is 18.1. The van der Waals surface area contributed by atoms with Gasteiger partial charge in [-0.2, -0.15) is 5.10 Å². The number of halogens is 1. The SMILES string of the molecule is C[C@H]1C[C@@]2(C[C@@H](c3cnn(CCS(C)(=O)=O)c3)N1)OCCc1cc(O)c(Cl)cc12. The van der Waals surface area contributed by atoms with Gasteiger partial charge in [-0.15, -0.1) is 0 Å². The summed E-state index contributed by atoms with van der Waals surface area (Å²) in [7, 11) is -3.04. The fourth-order valence-electron chi connectivity index (χ4n) is 4.53. The van der Waals surface area contributed by atoms with Crippen LogP contribution in [0.15, 0.2) is 24.5 Å². The third-order valence-electron chi connectivity index (χ3n) is 5.82. The number of hydrogen-bond acceptors (Lipinski definition) is 6. The van der Waals surface area contributed by atoms with Crippen LogP contribution in [0.1, 0.15) is 42.5 Å². The molecule has 4 rings (SSSR count). The Bertz CT molecular complexity index is 1020. The Balaban J connectivity index is 1.62. The third kappa shape index (κ3) is 4.30. The molecule has 0 saturated carbocycles. The molecular formula is C20H26ClN3O4S. The maximum absolute atomic E-state index is 11.4. The standard InChI is InChI=1S/C20H26ClN3O4S/c1-13-9-20(16-8-17(21)19(25)7-14(16)3-5-28-20)10-18(23-13)15-11-22-24(12-15)4-6-29(2,26)27/h7-8,11-13,18,23,25H,3-6,9-10H2,1-2H3/t13-,18-,20-/m0/s1. The van der Waals surface area contributed by atoms with Crippen molar-refractivity contribution in [3.8, 4) is 5.75 Å². The predicted molar refractivity (Wildman–Crippen MR) is 111 cm³/mol. The van der Waals surface area contributed by atoms with Crippen LogP contribution in [0.5, 0.6) is 5.75 Å². The number of aryl methyl sites for hydroxylation is 1. The lowest BCUT2D eigenvalue weighted by molar-refractivity contribution is -0.0984. The van der Waals surface area contributed by atoms with E-state index in [1.54, 1.807) is 16.9 Å². The topological polar surface area (TPSA) is 93.5 Å². The van der Waals surface area contributed by atoms with Crippen LogP contribution in [-0.2, 0) is 33.1 Å². The number of phenols is 1. The summed E-state index contributed by atoms with van der Waals surface area (Å²) in [6.45, 7) is 3.06. The van der Waals surface area contributed by atoms with E-state index in [1.165, 1.54) is 6.26 Å². The number of ether oxygens (including phenoxy) is 1. The van der Waals surface area contributed by atoms with E-state index in [4.69, 9.17) is 16.3 Å². The molecule has 9 heteroatoms. The third-order valence-corrected chi connectivity index (χ3v) is 7.04. The van der Waals surface area contributed by atoms with E-state index in [9.17, 15) is 13.5 Å². The Kier molecular flexibility index (Phi) is 5.40. The highest BCUT2D eigenvalue weighted by Gasteiger charge is 2.45. The molecule has 0 bridgehead atoms. The molecule has 1 spiro atoms. The second-order valence-corrected chi connectivity index (χ2v) is 10.9. The molecule has 2 aliphatic heterocycles. The number of fused-ring (bicyclic) bond motifs is 2. The largest absolute Gasteiger partial charge is 0.506 e. The molecule has 2 aromatic rings. The summed E-state index contributed by atoms with van der Waals surface area (Å²) in [6, 6.07) is 3.82. The zero-order chi connectivity index (χ0) is 20.8. The van der Waals surface area contributed by atoms with Crippen LogP contribution < -0.4 is 5.32 Å². The first-order chi connectivity index (χ1) is 13.7. The molecule has 29 heavy (non-hydrogen) atoms. The molecular weight excluding hydrogens is 414 g/mol. The summed E-state index contributed by atoms with van der Waals surface area (Å²) in [6.07, 6.45) is 7.19. The Morgan fingerprint density at radius 2 is 2.21 bits per heavy atom. The van der Waals surface area contributed by atoms with Crippen molar-refractivity contribution in [1.29, 1.82) is 0 Å². The van der Waals surface area contributed by atoms with Gasteiger partial charge in [0.05, 0.1) is 35.7 Å². The summed E-state index contributed by atoms with van der Waals surface area (Å²) >= 11 is 6.23. The Morgan fingerprint density at radius 3 is 2.97 bits per heavy atom. The molecule has 7 nitrogen and oxygen atoms in total. The van der Waals surface area contributed by atoms with Crippen molar-refractivity contribution in [3.05, 3.63) is 46.2 Å². The maximum Gasteiger partial charge on any atom is 0.149 e. The summed E-state index contributed by atoms with van der Waals surface area (Å²) in [5.41, 5.74) is 2.66. The first-order valence-corrected chi connectivity index (χ1v) is 12.2. The van der Waals surface area contributed by atoms with Crippen LogP contribution >= 0.6 is 11.6 Å². The number of aromatic hydroxyl groups is 1. The number of benzene rings is 1. The lowest BCUT2D eigenvalue weighted by atomic mass is 9.74. The zero-order valence-electron chi connectivity index (χ0n) is 16.6. The van der Waals surface area contributed by atoms with Gasteiger partial charge in [-0.3, -0.25) is 4.68 Å². The van der Waals surface area contributed by atoms with Gasteiger partial charge < -0.3 is 15.2 Å². The van der Waals surface area contributed by atoms with Gasteiger partial charge in [0.15, 0.2) is 0 Å². The minimum atomic E-state index is -3.04.